The van der Waals surface area contributed by atoms with Crippen LogP contribution in [0.2, 0.25) is 0 Å². The number of ether oxygens (including phenoxy) is 1. The molecular weight excluding hydrogens is 503 g/mol. The molecule has 0 spiro atoms. The molecule has 1 saturated heterocycles. The van der Waals surface area contributed by atoms with Crippen molar-refractivity contribution in [2.75, 3.05) is 37.7 Å². The monoisotopic (exact) mass is 536 g/mol. The summed E-state index contributed by atoms with van der Waals surface area (Å²) in [6, 6.07) is 14.5. The fourth-order valence-corrected chi connectivity index (χ4v) is 5.98. The van der Waals surface area contributed by atoms with E-state index in [1.54, 1.807) is 12.1 Å². The summed E-state index contributed by atoms with van der Waals surface area (Å²) < 4.78 is 20.9. The number of amides is 1. The van der Waals surface area contributed by atoms with Gasteiger partial charge in [0.15, 0.2) is 5.16 Å². The molecule has 5 rings (SSSR count). The number of benzene rings is 2. The van der Waals surface area contributed by atoms with E-state index in [-0.39, 0.29) is 23.8 Å². The Labute approximate surface area is 226 Å². The number of rotatable bonds is 9. The van der Waals surface area contributed by atoms with E-state index < -0.39 is 0 Å². The second-order valence-corrected chi connectivity index (χ2v) is 10.6. The number of fused-ring (bicyclic) bond motifs is 1. The Morgan fingerprint density at radius 1 is 1.03 bits per heavy atom. The molecule has 3 aromatic rings. The third-order valence-corrected chi connectivity index (χ3v) is 8.13. The van der Waals surface area contributed by atoms with E-state index in [9.17, 15) is 14.0 Å². The molecule has 7 nitrogen and oxygen atoms in total. The molecule has 1 aromatic heterocycles. The molecule has 0 saturated carbocycles. The van der Waals surface area contributed by atoms with Crippen LogP contribution >= 0.6 is 11.8 Å². The zero-order chi connectivity index (χ0) is 26.5. The highest BCUT2D eigenvalue weighted by molar-refractivity contribution is 7.98. The van der Waals surface area contributed by atoms with Crippen LogP contribution in [0.25, 0.3) is 0 Å². The van der Waals surface area contributed by atoms with Gasteiger partial charge in [0.2, 0.25) is 5.91 Å². The summed E-state index contributed by atoms with van der Waals surface area (Å²) in [7, 11) is 0. The smallest absolute Gasteiger partial charge is 0.277 e. The first-order chi connectivity index (χ1) is 18.5. The van der Waals surface area contributed by atoms with Gasteiger partial charge in [-0.1, -0.05) is 30.8 Å². The minimum atomic E-state index is -0.282. The topological polar surface area (TPSA) is 67.7 Å². The third-order valence-electron chi connectivity index (χ3n) is 7.08. The first-order valence-corrected chi connectivity index (χ1v) is 14.3. The predicted molar refractivity (Wildman–Crippen MR) is 148 cm³/mol. The fraction of sp³-hybridized carbons (Fsp3) is 0.414. The standard InChI is InChI=1S/C29H33FN4O3S/c1-2-18-37-24-12-10-23(11-13-24)32-14-16-33(17-15-32)27(35)19-34-26-5-3-4-25(26)28(36)31-29(34)38-20-21-6-8-22(30)9-7-21/h6-13H,2-5,14-20H2,1H3. The molecule has 1 amide bonds. The molecule has 0 atom stereocenters. The average molecular weight is 537 g/mol. The molecule has 200 valence electrons. The number of piperazine rings is 1. The second kappa shape index (κ2) is 12.0. The van der Waals surface area contributed by atoms with E-state index in [4.69, 9.17) is 4.74 Å². The molecule has 9 heteroatoms. The number of thioether (sulfide) groups is 1. The summed E-state index contributed by atoms with van der Waals surface area (Å²) in [5, 5.41) is 0.553. The van der Waals surface area contributed by atoms with Crippen molar-refractivity contribution in [1.82, 2.24) is 14.5 Å². The van der Waals surface area contributed by atoms with Crippen molar-refractivity contribution in [1.29, 1.82) is 0 Å². The van der Waals surface area contributed by atoms with Gasteiger partial charge in [-0.2, -0.15) is 4.98 Å². The number of hydrogen-bond acceptors (Lipinski definition) is 6. The van der Waals surface area contributed by atoms with E-state index in [2.05, 4.69) is 28.9 Å². The number of nitrogens with zero attached hydrogens (tertiary/aromatic N) is 4. The van der Waals surface area contributed by atoms with Crippen molar-refractivity contribution in [2.24, 2.45) is 0 Å². The van der Waals surface area contributed by atoms with Crippen molar-refractivity contribution in [3.63, 3.8) is 0 Å². The summed E-state index contributed by atoms with van der Waals surface area (Å²) in [6.07, 6.45) is 3.35. The van der Waals surface area contributed by atoms with Gasteiger partial charge in [0.25, 0.3) is 5.56 Å². The third kappa shape index (κ3) is 6.04. The summed E-state index contributed by atoms with van der Waals surface area (Å²) in [6.45, 7) is 5.76. The lowest BCUT2D eigenvalue weighted by molar-refractivity contribution is -0.132. The number of aromatic nitrogens is 2. The number of hydrogen-bond donors (Lipinski definition) is 0. The van der Waals surface area contributed by atoms with Crippen molar-refractivity contribution in [3.8, 4) is 5.75 Å². The predicted octanol–water partition coefficient (Wildman–Crippen LogP) is 4.30. The highest BCUT2D eigenvalue weighted by atomic mass is 32.2. The van der Waals surface area contributed by atoms with Crippen LogP contribution in [0.3, 0.4) is 0 Å². The largest absolute Gasteiger partial charge is 0.494 e. The van der Waals surface area contributed by atoms with E-state index in [0.717, 1.165) is 60.6 Å². The first kappa shape index (κ1) is 26.3. The maximum atomic E-state index is 13.4. The Balaban J connectivity index is 1.25. The molecule has 1 fully saturated rings. The average Bonchev–Trinajstić information content (AvgIpc) is 3.45. The van der Waals surface area contributed by atoms with Gasteiger partial charge in [-0.15, -0.1) is 0 Å². The number of halogens is 1. The maximum Gasteiger partial charge on any atom is 0.277 e. The summed E-state index contributed by atoms with van der Waals surface area (Å²) >= 11 is 1.42. The van der Waals surface area contributed by atoms with Gasteiger partial charge in [0.1, 0.15) is 18.1 Å². The Kier molecular flexibility index (Phi) is 8.32. The lowest BCUT2D eigenvalue weighted by atomic mass is 10.2. The van der Waals surface area contributed by atoms with Crippen LogP contribution in [0.1, 0.15) is 36.6 Å². The van der Waals surface area contributed by atoms with Gasteiger partial charge in [-0.05, 0) is 67.6 Å². The molecule has 1 aliphatic carbocycles. The van der Waals surface area contributed by atoms with Crippen LogP contribution in [-0.4, -0.2) is 53.1 Å². The Morgan fingerprint density at radius 2 is 1.76 bits per heavy atom. The molecule has 0 N–H and O–H groups in total. The molecule has 2 aliphatic rings. The molecule has 38 heavy (non-hydrogen) atoms. The van der Waals surface area contributed by atoms with Crippen molar-refractivity contribution < 1.29 is 13.9 Å². The second-order valence-electron chi connectivity index (χ2n) is 9.69. The van der Waals surface area contributed by atoms with Crippen LogP contribution in [0, 0.1) is 5.82 Å². The van der Waals surface area contributed by atoms with Crippen LogP contribution in [0.15, 0.2) is 58.5 Å². The quantitative estimate of drug-likeness (QED) is 0.300. The normalized spacial score (nSPS) is 15.0. The van der Waals surface area contributed by atoms with Gasteiger partial charge in [0, 0.05) is 48.9 Å². The molecule has 0 unspecified atom stereocenters. The SMILES string of the molecule is CCCOc1ccc(N2CCN(C(=O)Cn3c(SCc4ccc(F)cc4)nc(=O)c4c3CCC4)CC2)cc1. The maximum absolute atomic E-state index is 13.4. The van der Waals surface area contributed by atoms with E-state index in [1.165, 1.54) is 23.9 Å². The molecule has 2 heterocycles. The lowest BCUT2D eigenvalue weighted by Gasteiger charge is -2.36. The number of anilines is 1. The van der Waals surface area contributed by atoms with Crippen LogP contribution in [0.5, 0.6) is 5.75 Å². The lowest BCUT2D eigenvalue weighted by Crippen LogP contribution is -2.49. The van der Waals surface area contributed by atoms with Gasteiger partial charge in [0.05, 0.1) is 6.61 Å². The highest BCUT2D eigenvalue weighted by Crippen LogP contribution is 2.27. The zero-order valence-electron chi connectivity index (χ0n) is 21.7. The Hall–Kier alpha value is -3.33. The fourth-order valence-electron chi connectivity index (χ4n) is 5.01. The molecule has 2 aromatic carbocycles. The number of carbonyl (C=O) groups is 1. The van der Waals surface area contributed by atoms with E-state index in [1.807, 2.05) is 21.6 Å². The van der Waals surface area contributed by atoms with Crippen molar-refractivity contribution in [3.05, 3.63) is 81.5 Å². The van der Waals surface area contributed by atoms with Crippen LogP contribution < -0.4 is 15.2 Å². The first-order valence-electron chi connectivity index (χ1n) is 13.3. The minimum absolute atomic E-state index is 0.0381. The van der Waals surface area contributed by atoms with Crippen LogP contribution in [0.4, 0.5) is 10.1 Å². The van der Waals surface area contributed by atoms with Gasteiger partial charge in [-0.25, -0.2) is 4.39 Å². The summed E-state index contributed by atoms with van der Waals surface area (Å²) in [5.41, 5.74) is 3.54. The van der Waals surface area contributed by atoms with Crippen LogP contribution in [-0.2, 0) is 29.9 Å². The molecule has 0 radical (unpaired) electrons. The molecular formula is C29H33FN4O3S. The number of carbonyl (C=O) groups excluding carboxylic acids is 1. The Morgan fingerprint density at radius 3 is 2.47 bits per heavy atom. The minimum Gasteiger partial charge on any atom is -0.494 e. The van der Waals surface area contributed by atoms with Gasteiger partial charge in [-0.3, -0.25) is 9.59 Å². The highest BCUT2D eigenvalue weighted by Gasteiger charge is 2.26. The Bertz CT molecular complexity index is 1320. The summed E-state index contributed by atoms with van der Waals surface area (Å²) in [5.74, 6) is 1.17. The van der Waals surface area contributed by atoms with Crippen molar-refractivity contribution >= 4 is 23.4 Å². The van der Waals surface area contributed by atoms with Gasteiger partial charge >= 0.3 is 0 Å². The van der Waals surface area contributed by atoms with Crippen molar-refractivity contribution in [2.45, 2.75) is 50.1 Å². The van der Waals surface area contributed by atoms with E-state index in [0.29, 0.717) is 37.0 Å². The summed E-state index contributed by atoms with van der Waals surface area (Å²) in [4.78, 5) is 34.6. The molecule has 0 bridgehead atoms. The van der Waals surface area contributed by atoms with Gasteiger partial charge < -0.3 is 19.1 Å². The molecule has 1 aliphatic heterocycles. The van der Waals surface area contributed by atoms with E-state index >= 15 is 0 Å². The zero-order valence-corrected chi connectivity index (χ0v) is 22.5.